The molecule has 1 amide bonds. The van der Waals surface area contributed by atoms with Crippen molar-refractivity contribution in [2.75, 3.05) is 12.4 Å². The molecule has 1 N–H and O–H groups in total. The summed E-state index contributed by atoms with van der Waals surface area (Å²) in [6.07, 6.45) is 0.232. The highest BCUT2D eigenvalue weighted by molar-refractivity contribution is 7.99. The lowest BCUT2D eigenvalue weighted by molar-refractivity contribution is -0.115. The van der Waals surface area contributed by atoms with Crippen LogP contribution >= 0.6 is 23.4 Å². The van der Waals surface area contributed by atoms with Crippen molar-refractivity contribution < 1.29 is 13.9 Å². The second-order valence-electron chi connectivity index (χ2n) is 7.12. The fourth-order valence-electron chi connectivity index (χ4n) is 3.12. The minimum atomic E-state index is -0.302. The standard InChI is InChI=1S/C24H20ClFN4O2S/c1-32-19-12-8-16(9-13-19)14-22(31)27-20-4-2-3-5-21(20)33-24-28-23(25)29-30(24)15-17-6-10-18(26)11-7-17/h2-13H,14-15H2,1H3,(H,27,31). The van der Waals surface area contributed by atoms with E-state index < -0.39 is 0 Å². The molecule has 0 aliphatic carbocycles. The Bertz CT molecular complexity index is 1250. The molecule has 1 heterocycles. The molecule has 4 rings (SSSR count). The van der Waals surface area contributed by atoms with Crippen LogP contribution in [0.2, 0.25) is 5.28 Å². The molecule has 3 aromatic carbocycles. The van der Waals surface area contributed by atoms with Gasteiger partial charge in [0.15, 0.2) is 5.16 Å². The van der Waals surface area contributed by atoms with Gasteiger partial charge in [0, 0.05) is 4.90 Å². The van der Waals surface area contributed by atoms with E-state index in [0.29, 0.717) is 17.4 Å². The van der Waals surface area contributed by atoms with E-state index in [2.05, 4.69) is 15.4 Å². The average Bonchev–Trinajstić information content (AvgIpc) is 3.15. The first kappa shape index (κ1) is 22.8. The second-order valence-corrected chi connectivity index (χ2v) is 8.47. The molecular weight excluding hydrogens is 463 g/mol. The van der Waals surface area contributed by atoms with Crippen molar-refractivity contribution in [3.05, 3.63) is 95.0 Å². The Morgan fingerprint density at radius 2 is 1.76 bits per heavy atom. The third kappa shape index (κ3) is 6.12. The van der Waals surface area contributed by atoms with Crippen LogP contribution in [0.25, 0.3) is 0 Å². The lowest BCUT2D eigenvalue weighted by atomic mass is 10.1. The molecule has 0 aliphatic heterocycles. The summed E-state index contributed by atoms with van der Waals surface area (Å²) in [6, 6.07) is 21.0. The number of amides is 1. The first-order valence-electron chi connectivity index (χ1n) is 10.0. The number of anilines is 1. The van der Waals surface area contributed by atoms with Crippen molar-refractivity contribution in [2.45, 2.75) is 23.0 Å². The number of aromatic nitrogens is 3. The third-order valence-corrected chi connectivity index (χ3v) is 5.96. The molecule has 0 bridgehead atoms. The van der Waals surface area contributed by atoms with E-state index in [0.717, 1.165) is 21.8 Å². The number of carbonyl (C=O) groups is 1. The largest absolute Gasteiger partial charge is 0.497 e. The van der Waals surface area contributed by atoms with Gasteiger partial charge in [-0.3, -0.25) is 4.79 Å². The Morgan fingerprint density at radius 3 is 2.48 bits per heavy atom. The monoisotopic (exact) mass is 482 g/mol. The van der Waals surface area contributed by atoms with Gasteiger partial charge < -0.3 is 10.1 Å². The van der Waals surface area contributed by atoms with Gasteiger partial charge in [-0.2, -0.15) is 4.98 Å². The molecule has 6 nitrogen and oxygen atoms in total. The number of ether oxygens (including phenoxy) is 1. The van der Waals surface area contributed by atoms with Gasteiger partial charge in [-0.05, 0) is 70.9 Å². The molecule has 0 fully saturated rings. The zero-order valence-corrected chi connectivity index (χ0v) is 19.2. The van der Waals surface area contributed by atoms with Crippen molar-refractivity contribution in [3.8, 4) is 5.75 Å². The minimum Gasteiger partial charge on any atom is -0.497 e. The molecule has 0 aliphatic rings. The topological polar surface area (TPSA) is 69.0 Å². The van der Waals surface area contributed by atoms with Gasteiger partial charge in [-0.1, -0.05) is 36.4 Å². The summed E-state index contributed by atoms with van der Waals surface area (Å²) in [5, 5.41) is 7.88. The van der Waals surface area contributed by atoms with Gasteiger partial charge >= 0.3 is 0 Å². The van der Waals surface area contributed by atoms with Crippen LogP contribution in [0.15, 0.2) is 82.8 Å². The number of methoxy groups -OCH3 is 1. The molecule has 0 saturated heterocycles. The second kappa shape index (κ2) is 10.5. The first-order valence-corrected chi connectivity index (χ1v) is 11.2. The molecule has 0 spiro atoms. The molecule has 9 heteroatoms. The van der Waals surface area contributed by atoms with E-state index in [4.69, 9.17) is 16.3 Å². The van der Waals surface area contributed by atoms with Gasteiger partial charge in [0.05, 0.1) is 25.8 Å². The van der Waals surface area contributed by atoms with E-state index in [9.17, 15) is 9.18 Å². The van der Waals surface area contributed by atoms with Crippen LogP contribution in [0.3, 0.4) is 0 Å². The van der Waals surface area contributed by atoms with Crippen LogP contribution in [-0.2, 0) is 17.8 Å². The predicted molar refractivity (Wildman–Crippen MR) is 126 cm³/mol. The number of hydrogen-bond donors (Lipinski definition) is 1. The lowest BCUT2D eigenvalue weighted by Crippen LogP contribution is -2.15. The number of carbonyl (C=O) groups excluding carboxylic acids is 1. The number of nitrogens with one attached hydrogen (secondary N) is 1. The van der Waals surface area contributed by atoms with Crippen LogP contribution in [0.1, 0.15) is 11.1 Å². The molecule has 1 aromatic heterocycles. The van der Waals surface area contributed by atoms with Crippen LogP contribution in [-0.4, -0.2) is 27.8 Å². The lowest BCUT2D eigenvalue weighted by Gasteiger charge is -2.11. The molecule has 168 valence electrons. The number of rotatable bonds is 8. The highest BCUT2D eigenvalue weighted by atomic mass is 35.5. The van der Waals surface area contributed by atoms with Crippen LogP contribution in [0.5, 0.6) is 5.75 Å². The average molecular weight is 483 g/mol. The fourth-order valence-corrected chi connectivity index (χ4v) is 4.26. The maximum absolute atomic E-state index is 13.2. The van der Waals surface area contributed by atoms with Crippen LogP contribution < -0.4 is 10.1 Å². The number of para-hydroxylation sites is 1. The van der Waals surface area contributed by atoms with Crippen molar-refractivity contribution >= 4 is 35.0 Å². The highest BCUT2D eigenvalue weighted by Gasteiger charge is 2.15. The minimum absolute atomic E-state index is 0.112. The normalized spacial score (nSPS) is 10.8. The molecule has 4 aromatic rings. The van der Waals surface area contributed by atoms with E-state index in [1.807, 2.05) is 48.5 Å². The fraction of sp³-hybridized carbons (Fsp3) is 0.125. The summed E-state index contributed by atoms with van der Waals surface area (Å²) in [5.74, 6) is 0.299. The van der Waals surface area contributed by atoms with Gasteiger partial charge in [-0.25, -0.2) is 9.07 Å². The Morgan fingerprint density at radius 1 is 1.06 bits per heavy atom. The van der Waals surface area contributed by atoms with Crippen molar-refractivity contribution in [1.29, 1.82) is 0 Å². The summed E-state index contributed by atoms with van der Waals surface area (Å²) in [7, 11) is 1.60. The quantitative estimate of drug-likeness (QED) is 0.361. The Kier molecular flexibility index (Phi) is 7.26. The van der Waals surface area contributed by atoms with E-state index in [1.54, 1.807) is 23.9 Å². The molecule has 0 radical (unpaired) electrons. The predicted octanol–water partition coefficient (Wildman–Crippen LogP) is 5.46. The van der Waals surface area contributed by atoms with Gasteiger partial charge in [0.25, 0.3) is 0 Å². The SMILES string of the molecule is COc1ccc(CC(=O)Nc2ccccc2Sc2nc(Cl)nn2Cc2ccc(F)cc2)cc1. The molecular formula is C24H20ClFN4O2S. The Hall–Kier alpha value is -3.36. The number of hydrogen-bond acceptors (Lipinski definition) is 5. The molecule has 0 saturated carbocycles. The number of nitrogens with zero attached hydrogens (tertiary/aromatic N) is 3. The van der Waals surface area contributed by atoms with Gasteiger partial charge in [-0.15, -0.1) is 5.10 Å². The summed E-state index contributed by atoms with van der Waals surface area (Å²) in [6.45, 7) is 0.383. The first-order chi connectivity index (χ1) is 16.0. The smallest absolute Gasteiger partial charge is 0.243 e. The third-order valence-electron chi connectivity index (χ3n) is 4.74. The van der Waals surface area contributed by atoms with Crippen molar-refractivity contribution in [2.24, 2.45) is 0 Å². The van der Waals surface area contributed by atoms with Gasteiger partial charge in [0.2, 0.25) is 11.2 Å². The molecule has 0 atom stereocenters. The zero-order valence-electron chi connectivity index (χ0n) is 17.7. The maximum atomic E-state index is 13.2. The van der Waals surface area contributed by atoms with Crippen LogP contribution in [0, 0.1) is 5.82 Å². The maximum Gasteiger partial charge on any atom is 0.243 e. The summed E-state index contributed by atoms with van der Waals surface area (Å²) in [4.78, 5) is 17.7. The summed E-state index contributed by atoms with van der Waals surface area (Å²) in [5.41, 5.74) is 2.40. The molecule has 33 heavy (non-hydrogen) atoms. The Labute approximate surface area is 199 Å². The summed E-state index contributed by atoms with van der Waals surface area (Å²) >= 11 is 7.40. The number of benzene rings is 3. The van der Waals surface area contributed by atoms with Crippen molar-refractivity contribution in [3.63, 3.8) is 0 Å². The van der Waals surface area contributed by atoms with Crippen molar-refractivity contribution in [1.82, 2.24) is 14.8 Å². The Balaban J connectivity index is 1.48. The van der Waals surface area contributed by atoms with E-state index in [-0.39, 0.29) is 23.4 Å². The zero-order chi connectivity index (χ0) is 23.2. The molecule has 0 unspecified atom stereocenters. The van der Waals surface area contributed by atoms with E-state index in [1.165, 1.54) is 23.9 Å². The van der Waals surface area contributed by atoms with E-state index >= 15 is 0 Å². The summed E-state index contributed by atoms with van der Waals surface area (Å²) < 4.78 is 20.0. The number of halogens is 2. The highest BCUT2D eigenvalue weighted by Crippen LogP contribution is 2.33. The van der Waals surface area contributed by atoms with Gasteiger partial charge in [0.1, 0.15) is 11.6 Å². The van der Waals surface area contributed by atoms with Crippen LogP contribution in [0.4, 0.5) is 10.1 Å².